The number of aliphatic hydroxyl groups excluding tert-OH is 1. The van der Waals surface area contributed by atoms with Crippen molar-refractivity contribution in [2.75, 3.05) is 6.54 Å². The third-order valence-corrected chi connectivity index (χ3v) is 5.84. The summed E-state index contributed by atoms with van der Waals surface area (Å²) in [7, 11) is 0. The molecule has 0 radical (unpaired) electrons. The first-order chi connectivity index (χ1) is 15.9. The molecule has 1 saturated heterocycles. The monoisotopic (exact) mass is 478 g/mol. The fraction of sp³-hybridized carbons (Fsp3) is 0.565. The molecule has 7 N–H and O–H groups in total. The van der Waals surface area contributed by atoms with Gasteiger partial charge >= 0.3 is 5.97 Å². The van der Waals surface area contributed by atoms with E-state index in [1.807, 2.05) is 0 Å². The Morgan fingerprint density at radius 3 is 2.18 bits per heavy atom. The van der Waals surface area contributed by atoms with Gasteiger partial charge in [-0.15, -0.1) is 0 Å². The van der Waals surface area contributed by atoms with Gasteiger partial charge in [-0.3, -0.25) is 14.4 Å². The molecule has 34 heavy (non-hydrogen) atoms. The number of aromatic hydroxyl groups is 1. The maximum atomic E-state index is 13.0. The summed E-state index contributed by atoms with van der Waals surface area (Å²) in [5, 5.41) is 33.9. The second kappa shape index (κ2) is 11.8. The molecule has 1 aliphatic heterocycles. The lowest BCUT2D eigenvalue weighted by molar-refractivity contribution is -0.150. The SMILES string of the molecule is CC(C)C(NC(=O)C(NC(=O)C(N)Cc1ccc(O)cc1)C(C)O)C(=O)N1CCCC1C(=O)O. The average molecular weight is 479 g/mol. The first-order valence-corrected chi connectivity index (χ1v) is 11.3. The molecular formula is C23H34N4O7. The Labute approximate surface area is 198 Å². The Bertz CT molecular complexity index is 888. The summed E-state index contributed by atoms with van der Waals surface area (Å²) >= 11 is 0. The van der Waals surface area contributed by atoms with Crippen molar-refractivity contribution in [2.45, 2.75) is 70.3 Å². The Kier molecular flexibility index (Phi) is 9.39. The molecule has 11 heteroatoms. The molecule has 3 amide bonds. The van der Waals surface area contributed by atoms with E-state index in [2.05, 4.69) is 10.6 Å². The van der Waals surface area contributed by atoms with Crippen LogP contribution in [-0.4, -0.2) is 80.7 Å². The number of nitrogens with zero attached hydrogens (tertiary/aromatic N) is 1. The zero-order valence-electron chi connectivity index (χ0n) is 19.6. The number of amides is 3. The number of carboxylic acids is 1. The van der Waals surface area contributed by atoms with Crippen molar-refractivity contribution in [1.82, 2.24) is 15.5 Å². The number of likely N-dealkylation sites (tertiary alicyclic amines) is 1. The number of hydrogen-bond donors (Lipinski definition) is 6. The van der Waals surface area contributed by atoms with Crippen LogP contribution in [0.2, 0.25) is 0 Å². The average Bonchev–Trinajstić information content (AvgIpc) is 3.26. The number of aliphatic hydroxyl groups is 1. The van der Waals surface area contributed by atoms with Crippen LogP contribution < -0.4 is 16.4 Å². The maximum Gasteiger partial charge on any atom is 0.326 e. The number of rotatable bonds is 10. The predicted molar refractivity (Wildman–Crippen MR) is 123 cm³/mol. The van der Waals surface area contributed by atoms with Crippen LogP contribution in [0.25, 0.3) is 0 Å². The third-order valence-electron chi connectivity index (χ3n) is 5.84. The second-order valence-corrected chi connectivity index (χ2v) is 8.96. The summed E-state index contributed by atoms with van der Waals surface area (Å²) in [6, 6.07) is 1.77. The normalized spacial score (nSPS) is 19.2. The van der Waals surface area contributed by atoms with E-state index in [9.17, 15) is 34.5 Å². The number of carboxylic acid groups (broad SMARTS) is 1. The lowest BCUT2D eigenvalue weighted by Crippen LogP contribution is -2.60. The Balaban J connectivity index is 2.07. The summed E-state index contributed by atoms with van der Waals surface area (Å²) in [6.07, 6.45) is -0.261. The third kappa shape index (κ3) is 6.91. The van der Waals surface area contributed by atoms with Gasteiger partial charge in [0, 0.05) is 6.54 Å². The summed E-state index contributed by atoms with van der Waals surface area (Å²) < 4.78 is 0. The van der Waals surface area contributed by atoms with E-state index in [-0.39, 0.29) is 24.6 Å². The van der Waals surface area contributed by atoms with Crippen LogP contribution in [-0.2, 0) is 25.6 Å². The van der Waals surface area contributed by atoms with Gasteiger partial charge in [0.15, 0.2) is 0 Å². The molecule has 188 valence electrons. The molecule has 0 bridgehead atoms. The van der Waals surface area contributed by atoms with Crippen molar-refractivity contribution in [2.24, 2.45) is 11.7 Å². The van der Waals surface area contributed by atoms with Crippen LogP contribution in [0, 0.1) is 5.92 Å². The number of aliphatic carboxylic acids is 1. The molecule has 0 saturated carbocycles. The first-order valence-electron chi connectivity index (χ1n) is 11.3. The molecule has 1 aromatic rings. The van der Waals surface area contributed by atoms with Gasteiger partial charge in [0.1, 0.15) is 23.9 Å². The molecule has 5 unspecified atom stereocenters. The molecule has 1 heterocycles. The molecule has 0 aromatic heterocycles. The van der Waals surface area contributed by atoms with Gasteiger partial charge in [-0.05, 0) is 49.8 Å². The topological polar surface area (TPSA) is 182 Å². The van der Waals surface area contributed by atoms with Crippen molar-refractivity contribution < 1.29 is 34.5 Å². The zero-order valence-corrected chi connectivity index (χ0v) is 19.6. The van der Waals surface area contributed by atoms with Crippen LogP contribution in [0.5, 0.6) is 5.75 Å². The molecule has 1 aromatic carbocycles. The highest BCUT2D eigenvalue weighted by Crippen LogP contribution is 2.20. The van der Waals surface area contributed by atoms with E-state index in [0.29, 0.717) is 18.4 Å². The Morgan fingerprint density at radius 2 is 1.65 bits per heavy atom. The standard InChI is InChI=1S/C23H34N4O7/c1-12(2)18(22(32)27-10-4-5-17(27)23(33)34)25-21(31)19(13(3)28)26-20(30)16(24)11-14-6-8-15(29)9-7-14/h6-9,12-13,16-19,28-29H,4-5,10-11,24H2,1-3H3,(H,25,31)(H,26,30)(H,33,34). The highest BCUT2D eigenvalue weighted by atomic mass is 16.4. The van der Waals surface area contributed by atoms with Gasteiger partial charge in [-0.1, -0.05) is 26.0 Å². The molecule has 1 fully saturated rings. The Morgan fingerprint density at radius 1 is 1.06 bits per heavy atom. The summed E-state index contributed by atoms with van der Waals surface area (Å²) in [5.74, 6) is -3.37. The van der Waals surface area contributed by atoms with E-state index in [1.54, 1.807) is 26.0 Å². The van der Waals surface area contributed by atoms with Gasteiger partial charge in [-0.2, -0.15) is 0 Å². The number of phenolic OH excluding ortho intramolecular Hbond substituents is 1. The van der Waals surface area contributed by atoms with Gasteiger partial charge < -0.3 is 36.6 Å². The fourth-order valence-electron chi connectivity index (χ4n) is 3.87. The van der Waals surface area contributed by atoms with Crippen LogP contribution in [0.3, 0.4) is 0 Å². The molecule has 5 atom stereocenters. The number of nitrogens with one attached hydrogen (secondary N) is 2. The molecule has 0 aliphatic carbocycles. The van der Waals surface area contributed by atoms with Gasteiger partial charge in [0.25, 0.3) is 0 Å². The molecule has 11 nitrogen and oxygen atoms in total. The lowest BCUT2D eigenvalue weighted by Gasteiger charge is -2.31. The minimum absolute atomic E-state index is 0.0745. The number of carbonyl (C=O) groups excluding carboxylic acids is 3. The summed E-state index contributed by atoms with van der Waals surface area (Å²) in [4.78, 5) is 51.3. The van der Waals surface area contributed by atoms with Crippen LogP contribution in [0.4, 0.5) is 0 Å². The smallest absolute Gasteiger partial charge is 0.326 e. The zero-order chi connectivity index (χ0) is 25.6. The van der Waals surface area contributed by atoms with Gasteiger partial charge in [-0.25, -0.2) is 4.79 Å². The van der Waals surface area contributed by atoms with Crippen LogP contribution >= 0.6 is 0 Å². The minimum atomic E-state index is -1.37. The largest absolute Gasteiger partial charge is 0.508 e. The van der Waals surface area contributed by atoms with Crippen LogP contribution in [0.1, 0.15) is 39.2 Å². The quantitative estimate of drug-likeness (QED) is 0.256. The van der Waals surface area contributed by atoms with Gasteiger partial charge in [0.2, 0.25) is 17.7 Å². The van der Waals surface area contributed by atoms with Crippen molar-refractivity contribution in [3.8, 4) is 5.75 Å². The van der Waals surface area contributed by atoms with Crippen LogP contribution in [0.15, 0.2) is 24.3 Å². The Hall–Kier alpha value is -3.18. The number of benzene rings is 1. The summed E-state index contributed by atoms with van der Waals surface area (Å²) in [6.45, 7) is 5.01. The van der Waals surface area contributed by atoms with Crippen molar-refractivity contribution in [3.05, 3.63) is 29.8 Å². The van der Waals surface area contributed by atoms with Crippen molar-refractivity contribution in [1.29, 1.82) is 0 Å². The van der Waals surface area contributed by atoms with Gasteiger partial charge in [0.05, 0.1) is 12.1 Å². The second-order valence-electron chi connectivity index (χ2n) is 8.96. The van der Waals surface area contributed by atoms with Crippen molar-refractivity contribution in [3.63, 3.8) is 0 Å². The number of phenols is 1. The van der Waals surface area contributed by atoms with E-state index in [1.165, 1.54) is 24.0 Å². The van der Waals surface area contributed by atoms with Crippen molar-refractivity contribution >= 4 is 23.7 Å². The fourth-order valence-corrected chi connectivity index (χ4v) is 3.87. The number of carbonyl (C=O) groups is 4. The lowest BCUT2D eigenvalue weighted by atomic mass is 10.0. The highest BCUT2D eigenvalue weighted by Gasteiger charge is 2.39. The number of nitrogens with two attached hydrogens (primary N) is 1. The molecule has 2 rings (SSSR count). The highest BCUT2D eigenvalue weighted by molar-refractivity contribution is 5.94. The molecular weight excluding hydrogens is 444 g/mol. The van der Waals surface area contributed by atoms with E-state index >= 15 is 0 Å². The molecule has 1 aliphatic rings. The number of hydrogen-bond acceptors (Lipinski definition) is 7. The van der Waals surface area contributed by atoms with E-state index in [0.717, 1.165) is 0 Å². The first kappa shape index (κ1) is 27.1. The van der Waals surface area contributed by atoms with E-state index < -0.39 is 54.0 Å². The minimum Gasteiger partial charge on any atom is -0.508 e. The predicted octanol–water partition coefficient (Wildman–Crippen LogP) is -0.656. The molecule has 0 spiro atoms. The van der Waals surface area contributed by atoms with E-state index in [4.69, 9.17) is 5.73 Å². The maximum absolute atomic E-state index is 13.0. The summed E-state index contributed by atoms with van der Waals surface area (Å²) in [5.41, 5.74) is 6.65.